The summed E-state index contributed by atoms with van der Waals surface area (Å²) in [4.78, 5) is 15.3. The van der Waals surface area contributed by atoms with Crippen molar-refractivity contribution in [2.75, 3.05) is 0 Å². The first-order valence-corrected chi connectivity index (χ1v) is 25.0. The van der Waals surface area contributed by atoms with Gasteiger partial charge in [0.1, 0.15) is 36.2 Å². The number of nitrogens with zero attached hydrogens (tertiary/aromatic N) is 6. The van der Waals surface area contributed by atoms with Crippen molar-refractivity contribution in [3.05, 3.63) is 132 Å². The summed E-state index contributed by atoms with van der Waals surface area (Å²) in [5.41, 5.74) is 13.4. The van der Waals surface area contributed by atoms with Crippen molar-refractivity contribution in [2.24, 2.45) is 0 Å². The smallest absolute Gasteiger partial charge is 0.324 e. The second kappa shape index (κ2) is 15.6. The quantitative estimate of drug-likeness (QED) is 0.132. The molecule has 0 fully saturated rings. The van der Waals surface area contributed by atoms with Crippen molar-refractivity contribution in [3.63, 3.8) is 0 Å². The molecule has 0 aliphatic heterocycles. The first kappa shape index (κ1) is 44.0. The van der Waals surface area contributed by atoms with Gasteiger partial charge in [-0.2, -0.15) is 14.6 Å². The molecule has 0 aliphatic rings. The van der Waals surface area contributed by atoms with Crippen LogP contribution in [0, 0.1) is 6.07 Å². The molecule has 1 N–H and O–H groups in total. The van der Waals surface area contributed by atoms with Crippen molar-refractivity contribution in [2.45, 2.75) is 98.2 Å². The van der Waals surface area contributed by atoms with Crippen molar-refractivity contribution < 1.29 is 30.6 Å². The number of phenols is 1. The number of benzene rings is 5. The molecule has 0 bridgehead atoms. The summed E-state index contributed by atoms with van der Waals surface area (Å²) in [5, 5.41) is 17.3. The van der Waals surface area contributed by atoms with Gasteiger partial charge in [0.15, 0.2) is 0 Å². The largest absolute Gasteiger partial charge is 0.507 e. The topological polar surface area (TPSA) is 94.3 Å². The summed E-state index contributed by atoms with van der Waals surface area (Å²) < 4.78 is 10.5. The zero-order valence-electron chi connectivity index (χ0n) is 38.2. The number of rotatable bonds is 6. The van der Waals surface area contributed by atoms with Crippen molar-refractivity contribution in [1.82, 2.24) is 29.1 Å². The molecule has 4 heterocycles. The molecule has 0 aliphatic carbocycles. The Kier molecular flexibility index (Phi) is 10.9. The van der Waals surface area contributed by atoms with Crippen LogP contribution < -0.4 is 5.45 Å². The Bertz CT molecular complexity index is 3190. The molecule has 4 aromatic heterocycles. The van der Waals surface area contributed by atoms with Gasteiger partial charge in [-0.3, -0.25) is 9.55 Å². The summed E-state index contributed by atoms with van der Waals surface area (Å²) in [5.74, 6) is 1.36. The summed E-state index contributed by atoms with van der Waals surface area (Å²) >= 11 is 0. The van der Waals surface area contributed by atoms with E-state index in [1.165, 1.54) is 0 Å². The summed E-state index contributed by atoms with van der Waals surface area (Å²) in [6.45, 7) is 26.5. The number of fused-ring (bicyclic) bond motifs is 4. The van der Waals surface area contributed by atoms with Crippen LogP contribution in [-0.4, -0.2) is 42.3 Å². The third-order valence-corrected chi connectivity index (χ3v) is 13.3. The Labute approximate surface area is 385 Å². The third kappa shape index (κ3) is 7.88. The first-order valence-electron chi connectivity index (χ1n) is 21.5. The van der Waals surface area contributed by atoms with Gasteiger partial charge in [-0.15, -0.1) is 29.3 Å². The molecule has 8 nitrogen and oxygen atoms in total. The van der Waals surface area contributed by atoms with Gasteiger partial charge >= 0.3 is 5.84 Å². The Hall–Kier alpha value is -5.63. The maximum atomic E-state index is 12.4. The Morgan fingerprint density at radius 2 is 1.30 bits per heavy atom. The molecule has 5 aromatic carbocycles. The third-order valence-electron chi connectivity index (χ3n) is 11.8. The van der Waals surface area contributed by atoms with Gasteiger partial charge in [0, 0.05) is 44.1 Å². The second-order valence-corrected chi connectivity index (χ2v) is 25.6. The van der Waals surface area contributed by atoms with Crippen molar-refractivity contribution in [1.29, 1.82) is 0 Å². The first-order chi connectivity index (χ1) is 29.2. The number of para-hydroxylation sites is 2. The van der Waals surface area contributed by atoms with Crippen LogP contribution >= 0.6 is 0 Å². The number of phenolic OH excluding ortho intramolecular Hbond substituents is 1. The van der Waals surface area contributed by atoms with Gasteiger partial charge in [-0.1, -0.05) is 160 Å². The average Bonchev–Trinajstić information content (AvgIpc) is 3.92. The number of aromatic hydroxyl groups is 1. The Morgan fingerprint density at radius 3 is 1.98 bits per heavy atom. The minimum Gasteiger partial charge on any atom is -0.507 e. The fourth-order valence-corrected chi connectivity index (χ4v) is 9.01. The molecule has 0 saturated heterocycles. The maximum Gasteiger partial charge on any atom is 0.324 e. The molecular weight excluding hydrogens is 976 g/mol. The van der Waals surface area contributed by atoms with Crippen LogP contribution in [0.15, 0.2) is 114 Å². The zero-order valence-corrected chi connectivity index (χ0v) is 41.5. The number of hydrogen-bond donors (Lipinski definition) is 1. The van der Waals surface area contributed by atoms with Crippen LogP contribution in [-0.2, 0) is 37.3 Å². The summed E-state index contributed by atoms with van der Waals surface area (Å²) in [6, 6.07) is 39.7. The molecule has 9 rings (SSSR count). The van der Waals surface area contributed by atoms with Gasteiger partial charge in [0.2, 0.25) is 0 Å². The minimum atomic E-state index is -1.78. The SMILES string of the molecule is CC(C)(C)c1cc(-c2cccc3c2nc(-c2cc(C(C)(C)C)cc(C(C)(C)C)c2O)n3-c2ccccc2-c2ccccc2)[c-]c(-c2nccc3c2oc2nc([Si](C)(C)C)nn23)c1.[Pt]. The minimum absolute atomic E-state index is 0. The van der Waals surface area contributed by atoms with Crippen LogP contribution in [0.2, 0.25) is 19.6 Å². The Balaban J connectivity index is 0.00000544. The summed E-state index contributed by atoms with van der Waals surface area (Å²) in [7, 11) is -1.78. The molecule has 63 heavy (non-hydrogen) atoms. The molecule has 0 saturated carbocycles. The summed E-state index contributed by atoms with van der Waals surface area (Å²) in [6.07, 6.45) is 1.81. The standard InChI is InChI=1S/C53H55N6O2Si.Pt/c1-51(2,3)35-28-33(27-34(29-35)44-47-43(25-26-54-44)59-50(61-47)56-49(57-59)62(10,11)12)38-22-18-24-42-45(38)55-48(39-30-36(52(4,5)6)31-40(46(39)60)53(7,8)9)58(42)41-23-17-16-21-37(41)32-19-14-13-15-20-32;/h13-26,28-31,60H,1-12H3;/q-1;. The Morgan fingerprint density at radius 1 is 0.651 bits per heavy atom. The van der Waals surface area contributed by atoms with Gasteiger partial charge < -0.3 is 9.52 Å². The molecule has 0 radical (unpaired) electrons. The molecule has 0 unspecified atom stereocenters. The van der Waals surface area contributed by atoms with E-state index in [1.807, 2.05) is 18.3 Å². The van der Waals surface area contributed by atoms with E-state index in [-0.39, 0.29) is 43.1 Å². The van der Waals surface area contributed by atoms with Crippen LogP contribution in [0.5, 0.6) is 5.75 Å². The van der Waals surface area contributed by atoms with E-state index in [4.69, 9.17) is 24.5 Å². The average molecular weight is 1030 g/mol. The number of pyridine rings is 1. The van der Waals surface area contributed by atoms with Crippen LogP contribution in [0.1, 0.15) is 79.0 Å². The van der Waals surface area contributed by atoms with Gasteiger partial charge in [0.05, 0.1) is 22.3 Å². The maximum absolute atomic E-state index is 12.4. The second-order valence-electron chi connectivity index (χ2n) is 20.7. The van der Waals surface area contributed by atoms with E-state index >= 15 is 0 Å². The monoisotopic (exact) mass is 1030 g/mol. The van der Waals surface area contributed by atoms with Crippen molar-refractivity contribution in [3.8, 4) is 56.3 Å². The van der Waals surface area contributed by atoms with Gasteiger partial charge in [-0.05, 0) is 51.6 Å². The molecule has 9 aromatic rings. The van der Waals surface area contributed by atoms with Crippen molar-refractivity contribution >= 4 is 41.5 Å². The number of hydrogen-bond acceptors (Lipinski definition) is 6. The van der Waals surface area contributed by atoms with Gasteiger partial charge in [-0.25, -0.2) is 4.98 Å². The van der Waals surface area contributed by atoms with Crippen LogP contribution in [0.25, 0.3) is 78.6 Å². The number of aromatic nitrogens is 6. The van der Waals surface area contributed by atoms with Gasteiger partial charge in [0.25, 0.3) is 0 Å². The van der Waals surface area contributed by atoms with E-state index in [0.29, 0.717) is 28.5 Å². The van der Waals surface area contributed by atoms with Crippen LogP contribution in [0.3, 0.4) is 0 Å². The normalized spacial score (nSPS) is 12.7. The van der Waals surface area contributed by atoms with E-state index in [0.717, 1.165) is 72.2 Å². The van der Waals surface area contributed by atoms with E-state index < -0.39 is 8.07 Å². The van der Waals surface area contributed by atoms with E-state index in [2.05, 4.69) is 184 Å². The molecule has 0 spiro atoms. The van der Waals surface area contributed by atoms with E-state index in [9.17, 15) is 5.11 Å². The zero-order chi connectivity index (χ0) is 44.1. The van der Waals surface area contributed by atoms with Crippen LogP contribution in [0.4, 0.5) is 0 Å². The van der Waals surface area contributed by atoms with E-state index in [1.54, 1.807) is 4.52 Å². The molecule has 0 amide bonds. The molecular formula is C53H55N6O2PtSi-. The predicted octanol–water partition coefficient (Wildman–Crippen LogP) is 12.8. The molecule has 324 valence electrons. The predicted molar refractivity (Wildman–Crippen MR) is 257 cm³/mol. The number of imidazole rings is 1. The number of oxazole rings is 1. The molecule has 10 heteroatoms. The molecule has 0 atom stereocenters. The fraction of sp³-hybridized carbons (Fsp3) is 0.283. The fourth-order valence-electron chi connectivity index (χ4n) is 8.18.